The lowest BCUT2D eigenvalue weighted by Gasteiger charge is -2.42. The van der Waals surface area contributed by atoms with E-state index in [0.29, 0.717) is 11.1 Å². The highest BCUT2D eigenvalue weighted by molar-refractivity contribution is 5.55. The minimum absolute atomic E-state index is 0.519. The van der Waals surface area contributed by atoms with Gasteiger partial charge in [0, 0.05) is 19.3 Å². The Labute approximate surface area is 109 Å². The minimum atomic E-state index is 0.519. The third kappa shape index (κ3) is 2.33. The third-order valence-electron chi connectivity index (χ3n) is 4.56. The van der Waals surface area contributed by atoms with E-state index in [1.165, 1.54) is 25.7 Å². The van der Waals surface area contributed by atoms with E-state index in [9.17, 15) is 0 Å². The first-order valence-electron chi connectivity index (χ1n) is 6.85. The molecule has 3 nitrogen and oxygen atoms in total. The third-order valence-corrected chi connectivity index (χ3v) is 4.56. The fraction of sp³-hybridized carbons (Fsp3) is 0.600. The van der Waals surface area contributed by atoms with Crippen molar-refractivity contribution in [1.29, 1.82) is 5.26 Å². The van der Waals surface area contributed by atoms with Gasteiger partial charge in [-0.1, -0.05) is 26.7 Å². The summed E-state index contributed by atoms with van der Waals surface area (Å²) >= 11 is 0. The number of nitriles is 1. The van der Waals surface area contributed by atoms with E-state index in [1.54, 1.807) is 6.20 Å². The van der Waals surface area contributed by atoms with Crippen LogP contribution in [0, 0.1) is 16.7 Å². The van der Waals surface area contributed by atoms with Crippen LogP contribution in [0.15, 0.2) is 18.3 Å². The highest BCUT2D eigenvalue weighted by atomic mass is 15.1. The average molecular weight is 243 g/mol. The van der Waals surface area contributed by atoms with Crippen LogP contribution in [0.4, 0.5) is 5.69 Å². The van der Waals surface area contributed by atoms with Crippen molar-refractivity contribution in [2.75, 3.05) is 18.0 Å². The summed E-state index contributed by atoms with van der Waals surface area (Å²) in [6.07, 6.45) is 6.65. The van der Waals surface area contributed by atoms with E-state index in [0.717, 1.165) is 18.8 Å². The summed E-state index contributed by atoms with van der Waals surface area (Å²) in [6.45, 7) is 6.68. The van der Waals surface area contributed by atoms with Gasteiger partial charge in [-0.15, -0.1) is 0 Å². The molecule has 0 aliphatic carbocycles. The average Bonchev–Trinajstić information content (AvgIpc) is 2.47. The highest BCUT2D eigenvalue weighted by Gasteiger charge is 2.31. The summed E-state index contributed by atoms with van der Waals surface area (Å²) in [5, 5.41) is 9.10. The summed E-state index contributed by atoms with van der Waals surface area (Å²) in [6, 6.07) is 6.11. The SMILES string of the molecule is CCC1(CC)CCN(c2cccnc2C#N)CC1. The quantitative estimate of drug-likeness (QED) is 0.817. The maximum atomic E-state index is 9.10. The number of piperidine rings is 1. The number of anilines is 1. The van der Waals surface area contributed by atoms with Crippen molar-refractivity contribution in [2.45, 2.75) is 39.5 Å². The Morgan fingerprint density at radius 3 is 2.56 bits per heavy atom. The first kappa shape index (κ1) is 12.9. The molecule has 3 heteroatoms. The smallest absolute Gasteiger partial charge is 0.163 e. The van der Waals surface area contributed by atoms with Crippen LogP contribution in [0.2, 0.25) is 0 Å². The second kappa shape index (κ2) is 5.39. The predicted molar refractivity (Wildman–Crippen MR) is 73.4 cm³/mol. The summed E-state index contributed by atoms with van der Waals surface area (Å²) in [5.74, 6) is 0. The Bertz CT molecular complexity index is 433. The molecule has 0 aromatic carbocycles. The van der Waals surface area contributed by atoms with Crippen LogP contribution in [-0.2, 0) is 0 Å². The molecule has 18 heavy (non-hydrogen) atoms. The van der Waals surface area contributed by atoms with Crippen LogP contribution in [0.1, 0.15) is 45.2 Å². The Morgan fingerprint density at radius 1 is 1.33 bits per heavy atom. The van der Waals surface area contributed by atoms with Crippen molar-refractivity contribution < 1.29 is 0 Å². The monoisotopic (exact) mass is 243 g/mol. The number of rotatable bonds is 3. The van der Waals surface area contributed by atoms with Gasteiger partial charge in [-0.05, 0) is 30.4 Å². The standard InChI is InChI=1S/C15H21N3/c1-3-15(4-2)7-10-18(11-8-15)14-6-5-9-17-13(14)12-16/h5-6,9H,3-4,7-8,10-11H2,1-2H3. The summed E-state index contributed by atoms with van der Waals surface area (Å²) in [4.78, 5) is 6.46. The van der Waals surface area contributed by atoms with Crippen molar-refractivity contribution in [3.63, 3.8) is 0 Å². The zero-order chi connectivity index (χ0) is 13.0. The Balaban J connectivity index is 2.13. The second-order valence-corrected chi connectivity index (χ2v) is 5.18. The molecule has 0 radical (unpaired) electrons. The largest absolute Gasteiger partial charge is 0.369 e. The molecule has 1 fully saturated rings. The molecular weight excluding hydrogens is 222 g/mol. The Kier molecular flexibility index (Phi) is 3.86. The lowest BCUT2D eigenvalue weighted by Crippen LogP contribution is -2.40. The molecule has 1 saturated heterocycles. The zero-order valence-corrected chi connectivity index (χ0v) is 11.3. The summed E-state index contributed by atoms with van der Waals surface area (Å²) < 4.78 is 0. The van der Waals surface area contributed by atoms with Gasteiger partial charge in [0.15, 0.2) is 5.69 Å². The molecule has 2 rings (SSSR count). The van der Waals surface area contributed by atoms with Crippen LogP contribution < -0.4 is 4.90 Å². The molecule has 0 bridgehead atoms. The van der Waals surface area contributed by atoms with Crippen LogP contribution >= 0.6 is 0 Å². The van der Waals surface area contributed by atoms with E-state index in [-0.39, 0.29) is 0 Å². The van der Waals surface area contributed by atoms with Crippen LogP contribution in [0.3, 0.4) is 0 Å². The molecule has 2 heterocycles. The number of hydrogen-bond donors (Lipinski definition) is 0. The number of hydrogen-bond acceptors (Lipinski definition) is 3. The fourth-order valence-corrected chi connectivity index (χ4v) is 2.92. The van der Waals surface area contributed by atoms with E-state index in [1.807, 2.05) is 12.1 Å². The van der Waals surface area contributed by atoms with E-state index >= 15 is 0 Å². The molecule has 1 aliphatic heterocycles. The van der Waals surface area contributed by atoms with Gasteiger partial charge >= 0.3 is 0 Å². The summed E-state index contributed by atoms with van der Waals surface area (Å²) in [5.41, 5.74) is 2.07. The maximum Gasteiger partial charge on any atom is 0.163 e. The minimum Gasteiger partial charge on any atom is -0.369 e. The first-order valence-corrected chi connectivity index (χ1v) is 6.85. The Hall–Kier alpha value is -1.56. The predicted octanol–water partition coefficient (Wildman–Crippen LogP) is 3.36. The molecule has 0 spiro atoms. The van der Waals surface area contributed by atoms with Gasteiger partial charge in [0.2, 0.25) is 0 Å². The summed E-state index contributed by atoms with van der Waals surface area (Å²) in [7, 11) is 0. The molecule has 0 N–H and O–H groups in total. The lowest BCUT2D eigenvalue weighted by atomic mass is 9.74. The maximum absolute atomic E-state index is 9.10. The molecule has 96 valence electrons. The topological polar surface area (TPSA) is 39.9 Å². The van der Waals surface area contributed by atoms with Gasteiger partial charge in [-0.2, -0.15) is 5.26 Å². The Morgan fingerprint density at radius 2 is 2.00 bits per heavy atom. The van der Waals surface area contributed by atoms with Crippen molar-refractivity contribution >= 4 is 5.69 Å². The number of nitrogens with zero attached hydrogens (tertiary/aromatic N) is 3. The van der Waals surface area contributed by atoms with Crippen molar-refractivity contribution in [2.24, 2.45) is 5.41 Å². The van der Waals surface area contributed by atoms with Crippen molar-refractivity contribution in [3.8, 4) is 6.07 Å². The number of aromatic nitrogens is 1. The fourth-order valence-electron chi connectivity index (χ4n) is 2.92. The van der Waals surface area contributed by atoms with Gasteiger partial charge in [-0.25, -0.2) is 4.98 Å². The zero-order valence-electron chi connectivity index (χ0n) is 11.3. The van der Waals surface area contributed by atoms with E-state index < -0.39 is 0 Å². The van der Waals surface area contributed by atoms with Gasteiger partial charge in [0.05, 0.1) is 5.69 Å². The van der Waals surface area contributed by atoms with Crippen molar-refractivity contribution in [3.05, 3.63) is 24.0 Å². The number of pyridine rings is 1. The second-order valence-electron chi connectivity index (χ2n) is 5.18. The molecule has 0 unspecified atom stereocenters. The highest BCUT2D eigenvalue weighted by Crippen LogP contribution is 2.39. The molecule has 1 aromatic heterocycles. The van der Waals surface area contributed by atoms with Gasteiger partial charge in [0.1, 0.15) is 6.07 Å². The molecule has 1 aliphatic rings. The lowest BCUT2D eigenvalue weighted by molar-refractivity contribution is 0.199. The van der Waals surface area contributed by atoms with Gasteiger partial charge in [-0.3, -0.25) is 0 Å². The van der Waals surface area contributed by atoms with Crippen LogP contribution in [0.5, 0.6) is 0 Å². The molecule has 0 atom stereocenters. The van der Waals surface area contributed by atoms with Gasteiger partial charge in [0.25, 0.3) is 0 Å². The van der Waals surface area contributed by atoms with Crippen LogP contribution in [0.25, 0.3) is 0 Å². The van der Waals surface area contributed by atoms with E-state index in [2.05, 4.69) is 29.8 Å². The van der Waals surface area contributed by atoms with Crippen molar-refractivity contribution in [1.82, 2.24) is 4.98 Å². The normalized spacial score (nSPS) is 18.4. The molecule has 0 amide bonds. The first-order chi connectivity index (χ1) is 8.74. The molecule has 1 aromatic rings. The van der Waals surface area contributed by atoms with Crippen LogP contribution in [-0.4, -0.2) is 18.1 Å². The van der Waals surface area contributed by atoms with E-state index in [4.69, 9.17) is 5.26 Å². The van der Waals surface area contributed by atoms with Gasteiger partial charge < -0.3 is 4.90 Å². The molecular formula is C15H21N3. The molecule has 0 saturated carbocycles.